The lowest BCUT2D eigenvalue weighted by atomic mass is 9.43. The molecule has 0 aromatic heterocycles. The van der Waals surface area contributed by atoms with E-state index in [1.807, 2.05) is 0 Å². The first-order valence-corrected chi connectivity index (χ1v) is 18.7. The molecule has 0 spiro atoms. The Kier molecular flexibility index (Phi) is 13.5. The Hall–Kier alpha value is -0.200. The minimum absolute atomic E-state index is 0.0998. The van der Waals surface area contributed by atoms with E-state index < -0.39 is 0 Å². The lowest BCUT2D eigenvalue weighted by Crippen LogP contribution is -2.59. The smallest absolute Gasteiger partial charge is 0.0577 e. The number of aliphatic hydroxyl groups is 1. The summed E-state index contributed by atoms with van der Waals surface area (Å²) in [5.74, 6) is 5.51. The highest BCUT2D eigenvalue weighted by atomic mass is 16.3. The Labute approximate surface area is 261 Å². The zero-order chi connectivity index (χ0) is 30.2. The first-order chi connectivity index (χ1) is 20.2. The molecule has 10 atom stereocenters. The van der Waals surface area contributed by atoms with E-state index in [4.69, 9.17) is 5.73 Å². The lowest BCUT2D eigenvalue weighted by molar-refractivity contribution is -0.162. The number of aliphatic hydroxyl groups excluding tert-OH is 1. The van der Waals surface area contributed by atoms with Crippen LogP contribution in [0.4, 0.5) is 0 Å². The van der Waals surface area contributed by atoms with Crippen molar-refractivity contribution in [3.63, 3.8) is 0 Å². The van der Waals surface area contributed by atoms with Gasteiger partial charge in [-0.2, -0.15) is 0 Å². The third kappa shape index (κ3) is 8.33. The molecular formula is C37H72N4O. The fourth-order valence-electron chi connectivity index (χ4n) is 11.0. The highest BCUT2D eigenvalue weighted by Crippen LogP contribution is 2.68. The Morgan fingerprint density at radius 1 is 0.714 bits per heavy atom. The average molecular weight is 589 g/mol. The first-order valence-electron chi connectivity index (χ1n) is 18.7. The van der Waals surface area contributed by atoms with Gasteiger partial charge < -0.3 is 26.8 Å². The van der Waals surface area contributed by atoms with E-state index in [0.717, 1.165) is 87.6 Å². The highest BCUT2D eigenvalue weighted by Gasteiger charge is 2.62. The molecule has 0 aromatic rings. The third-order valence-electron chi connectivity index (χ3n) is 13.4. The van der Waals surface area contributed by atoms with Crippen LogP contribution in [0.15, 0.2) is 0 Å². The fourth-order valence-corrected chi connectivity index (χ4v) is 11.0. The van der Waals surface area contributed by atoms with E-state index in [-0.39, 0.29) is 6.10 Å². The number of nitrogens with one attached hydrogen (secondary N) is 3. The maximum atomic E-state index is 11.7. The molecule has 4 aliphatic rings. The van der Waals surface area contributed by atoms with Crippen LogP contribution in [0.1, 0.15) is 131 Å². The van der Waals surface area contributed by atoms with Crippen LogP contribution in [0, 0.1) is 52.3 Å². The number of unbranched alkanes of at least 4 members (excludes halogenated alkanes) is 1. The van der Waals surface area contributed by atoms with Gasteiger partial charge in [0.25, 0.3) is 0 Å². The summed E-state index contributed by atoms with van der Waals surface area (Å²) in [4.78, 5) is 0. The molecule has 4 fully saturated rings. The Morgan fingerprint density at radius 3 is 2.10 bits per heavy atom. The van der Waals surface area contributed by atoms with Crippen LogP contribution in [-0.4, -0.2) is 56.5 Å². The summed E-state index contributed by atoms with van der Waals surface area (Å²) in [6.45, 7) is 18.9. The van der Waals surface area contributed by atoms with Gasteiger partial charge in [-0.3, -0.25) is 0 Å². The van der Waals surface area contributed by atoms with Crippen molar-refractivity contribution in [3.05, 3.63) is 0 Å². The van der Waals surface area contributed by atoms with E-state index in [0.29, 0.717) is 22.8 Å². The van der Waals surface area contributed by atoms with Gasteiger partial charge >= 0.3 is 0 Å². The summed E-state index contributed by atoms with van der Waals surface area (Å²) in [6, 6.07) is 0.588. The van der Waals surface area contributed by atoms with Crippen LogP contribution in [0.2, 0.25) is 0 Å². The normalized spacial score (nSPS) is 38.7. The molecule has 42 heavy (non-hydrogen) atoms. The molecule has 0 aliphatic heterocycles. The SMILES string of the molecule is CC(C)CCCC(C)[C@H]1CCC2C3CC(O)[C@H]4C[C@@H](NCCCNCCCCNCCCN)CC[C@]4(C)C3CC[C@@]21C. The van der Waals surface area contributed by atoms with Crippen molar-refractivity contribution < 1.29 is 5.11 Å². The van der Waals surface area contributed by atoms with Crippen molar-refractivity contribution in [2.24, 2.45) is 58.0 Å². The van der Waals surface area contributed by atoms with E-state index >= 15 is 0 Å². The van der Waals surface area contributed by atoms with Gasteiger partial charge in [0, 0.05) is 6.04 Å². The first kappa shape index (κ1) is 34.7. The van der Waals surface area contributed by atoms with E-state index in [2.05, 4.69) is 50.6 Å². The van der Waals surface area contributed by atoms with Crippen molar-refractivity contribution in [2.75, 3.05) is 39.3 Å². The van der Waals surface area contributed by atoms with Gasteiger partial charge in [0.15, 0.2) is 0 Å². The van der Waals surface area contributed by atoms with Gasteiger partial charge in [-0.05, 0) is 169 Å². The van der Waals surface area contributed by atoms with Gasteiger partial charge in [-0.15, -0.1) is 0 Å². The van der Waals surface area contributed by atoms with Crippen molar-refractivity contribution >= 4 is 0 Å². The second kappa shape index (κ2) is 16.4. The fraction of sp³-hybridized carbons (Fsp3) is 1.00. The second-order valence-electron chi connectivity index (χ2n) is 16.5. The Balaban J connectivity index is 1.19. The van der Waals surface area contributed by atoms with E-state index in [1.54, 1.807) is 0 Å². The topological polar surface area (TPSA) is 82.3 Å². The predicted molar refractivity (Wildman–Crippen MR) is 180 cm³/mol. The molecule has 246 valence electrons. The zero-order valence-corrected chi connectivity index (χ0v) is 28.6. The van der Waals surface area contributed by atoms with Crippen LogP contribution in [0.3, 0.4) is 0 Å². The maximum Gasteiger partial charge on any atom is 0.0577 e. The lowest BCUT2D eigenvalue weighted by Gasteiger charge is -2.62. The van der Waals surface area contributed by atoms with Gasteiger partial charge in [0.05, 0.1) is 6.10 Å². The maximum absolute atomic E-state index is 11.7. The molecule has 4 rings (SSSR count). The molecule has 0 amide bonds. The molecule has 5 unspecified atom stereocenters. The van der Waals surface area contributed by atoms with Crippen LogP contribution >= 0.6 is 0 Å². The van der Waals surface area contributed by atoms with Crippen LogP contribution in [0.25, 0.3) is 0 Å². The van der Waals surface area contributed by atoms with Gasteiger partial charge in [-0.1, -0.05) is 53.9 Å². The molecule has 0 bridgehead atoms. The zero-order valence-electron chi connectivity index (χ0n) is 28.6. The minimum Gasteiger partial charge on any atom is -0.393 e. The molecule has 0 radical (unpaired) electrons. The van der Waals surface area contributed by atoms with Gasteiger partial charge in [0.2, 0.25) is 0 Å². The molecule has 5 nitrogen and oxygen atoms in total. The Bertz CT molecular complexity index is 777. The number of fused-ring (bicyclic) bond motifs is 5. The molecular weight excluding hydrogens is 516 g/mol. The van der Waals surface area contributed by atoms with Crippen LogP contribution < -0.4 is 21.7 Å². The number of rotatable bonds is 18. The molecule has 0 heterocycles. The standard InChI is InChI=1S/C37H72N4O/c1-27(2)11-8-12-28(3)31-13-14-32-30-26-35(42)34-25-29(15-17-37(34,5)33(30)16-18-36(31,32)4)41-24-10-23-40-21-7-6-20-39-22-9-19-38/h27-35,39-42H,6-26,38H2,1-5H3/t28?,29-,30?,31+,32?,33?,34+,35?,36+,37+/m0/s1. The average Bonchev–Trinajstić information content (AvgIpc) is 3.31. The quantitative estimate of drug-likeness (QED) is 0.115. The van der Waals surface area contributed by atoms with Gasteiger partial charge in [0.1, 0.15) is 0 Å². The number of nitrogens with two attached hydrogens (primary N) is 1. The van der Waals surface area contributed by atoms with E-state index in [9.17, 15) is 5.11 Å². The van der Waals surface area contributed by atoms with Crippen molar-refractivity contribution in [1.29, 1.82) is 0 Å². The van der Waals surface area contributed by atoms with Crippen molar-refractivity contribution in [1.82, 2.24) is 16.0 Å². The third-order valence-corrected chi connectivity index (χ3v) is 13.4. The summed E-state index contributed by atoms with van der Waals surface area (Å²) in [5, 5.41) is 22.7. The van der Waals surface area contributed by atoms with Gasteiger partial charge in [-0.25, -0.2) is 0 Å². The summed E-state index contributed by atoms with van der Waals surface area (Å²) in [5.41, 5.74) is 6.39. The predicted octanol–water partition coefficient (Wildman–Crippen LogP) is 6.74. The monoisotopic (exact) mass is 589 g/mol. The molecule has 0 saturated heterocycles. The molecule has 6 N–H and O–H groups in total. The summed E-state index contributed by atoms with van der Waals surface area (Å²) in [7, 11) is 0. The Morgan fingerprint density at radius 2 is 1.38 bits per heavy atom. The summed E-state index contributed by atoms with van der Waals surface area (Å²) in [6.07, 6.45) is 19.4. The summed E-state index contributed by atoms with van der Waals surface area (Å²) < 4.78 is 0. The van der Waals surface area contributed by atoms with Crippen molar-refractivity contribution in [3.8, 4) is 0 Å². The summed E-state index contributed by atoms with van der Waals surface area (Å²) >= 11 is 0. The molecule has 5 heteroatoms. The molecule has 0 aromatic carbocycles. The minimum atomic E-state index is -0.0998. The van der Waals surface area contributed by atoms with Crippen LogP contribution in [0.5, 0.6) is 0 Å². The second-order valence-corrected chi connectivity index (χ2v) is 16.5. The highest BCUT2D eigenvalue weighted by molar-refractivity contribution is 5.11. The van der Waals surface area contributed by atoms with Crippen LogP contribution in [-0.2, 0) is 0 Å². The molecule has 4 aliphatic carbocycles. The van der Waals surface area contributed by atoms with E-state index in [1.165, 1.54) is 83.5 Å². The van der Waals surface area contributed by atoms with Crippen molar-refractivity contribution in [2.45, 2.75) is 143 Å². The number of hydrogen-bond acceptors (Lipinski definition) is 5. The largest absolute Gasteiger partial charge is 0.393 e. The number of hydrogen-bond donors (Lipinski definition) is 5. The molecule has 4 saturated carbocycles.